The Bertz CT molecular complexity index is 465. The number of benzene rings is 2. The minimum Gasteiger partial charge on any atom is -0.0890 e. The third kappa shape index (κ3) is 12.7. The fourth-order valence-corrected chi connectivity index (χ4v) is 1.49. The highest BCUT2D eigenvalue weighted by Crippen LogP contribution is 2.19. The lowest BCUT2D eigenvalue weighted by Gasteiger charge is -2.02. The highest BCUT2D eigenvalue weighted by Gasteiger charge is 1.95. The Morgan fingerprint density at radius 1 is 0.625 bits per heavy atom. The molecule has 0 saturated carbocycles. The molecule has 0 N–H and O–H groups in total. The molecule has 0 spiro atoms. The zero-order valence-electron chi connectivity index (χ0n) is 14.7. The molecule has 138 valence electrons. The molecule has 2 aromatic rings. The second-order valence-corrected chi connectivity index (χ2v) is 5.10. The van der Waals surface area contributed by atoms with Crippen molar-refractivity contribution in [3.8, 4) is 11.1 Å². The number of aryl methyl sites for hydroxylation is 2. The van der Waals surface area contributed by atoms with Crippen LogP contribution in [0.15, 0.2) is 60.2 Å². The molecule has 0 bridgehead atoms. The molecule has 2 aromatic carbocycles. The van der Waals surface area contributed by atoms with E-state index in [0.29, 0.717) is 0 Å². The lowest BCUT2D eigenvalue weighted by molar-refractivity contribution is 1.36. The van der Waals surface area contributed by atoms with Crippen molar-refractivity contribution >= 4 is 0 Å². The van der Waals surface area contributed by atoms with Crippen molar-refractivity contribution in [1.29, 1.82) is 0 Å². The van der Waals surface area contributed by atoms with Gasteiger partial charge in [0.15, 0.2) is 0 Å². The fraction of sp³-hybridized carbons (Fsp3) is 0.417. The van der Waals surface area contributed by atoms with Crippen molar-refractivity contribution in [2.45, 2.75) is 70.7 Å². The van der Waals surface area contributed by atoms with Crippen LogP contribution in [0.5, 0.6) is 0 Å². The maximum Gasteiger partial charge on any atom is -0.0184 e. The molecule has 0 unspecified atom stereocenters. The molecule has 0 aliphatic heterocycles. The summed E-state index contributed by atoms with van der Waals surface area (Å²) >= 11 is 0. The first kappa shape index (κ1) is 30.1. The van der Waals surface area contributed by atoms with E-state index < -0.39 is 0 Å². The number of allylic oxidation sites excluding steroid dienone is 2. The molecule has 0 nitrogen and oxygen atoms in total. The standard InChI is InChI=1S/C14H14.C5H10.C2H6.3CH4/c1-11-3-7-13(8-4-11)14-9-5-12(2)6-10-14;1-4-5(2)3;1-2;;;/h3-10H,1-2H3;4H,1-3H3;1-2H3;3*1H4. The van der Waals surface area contributed by atoms with Gasteiger partial charge in [-0.05, 0) is 45.7 Å². The van der Waals surface area contributed by atoms with E-state index >= 15 is 0 Å². The Morgan fingerprint density at radius 3 is 1.00 bits per heavy atom. The van der Waals surface area contributed by atoms with E-state index in [1.165, 1.54) is 27.8 Å². The van der Waals surface area contributed by atoms with Gasteiger partial charge >= 0.3 is 0 Å². The topological polar surface area (TPSA) is 0 Å². The minimum atomic E-state index is 0. The summed E-state index contributed by atoms with van der Waals surface area (Å²) in [6, 6.07) is 17.3. The van der Waals surface area contributed by atoms with E-state index in [0.717, 1.165) is 0 Å². The predicted molar refractivity (Wildman–Crippen MR) is 118 cm³/mol. The zero-order chi connectivity index (χ0) is 16.3. The van der Waals surface area contributed by atoms with Gasteiger partial charge in [0.1, 0.15) is 0 Å². The summed E-state index contributed by atoms with van der Waals surface area (Å²) in [5.41, 5.74) is 6.57. The molecule has 0 amide bonds. The quantitative estimate of drug-likeness (QED) is 0.458. The maximum atomic E-state index is 2.17. The number of rotatable bonds is 1. The van der Waals surface area contributed by atoms with E-state index in [1.807, 2.05) is 20.8 Å². The summed E-state index contributed by atoms with van der Waals surface area (Å²) in [6.45, 7) is 14.4. The molecule has 0 heterocycles. The summed E-state index contributed by atoms with van der Waals surface area (Å²) in [5, 5.41) is 0. The first-order chi connectivity index (χ1) is 10.0. The number of hydrogen-bond acceptors (Lipinski definition) is 0. The van der Waals surface area contributed by atoms with E-state index in [9.17, 15) is 0 Å². The molecule has 0 aliphatic rings. The second-order valence-electron chi connectivity index (χ2n) is 5.10. The first-order valence-corrected chi connectivity index (χ1v) is 7.76. The number of hydrogen-bond donors (Lipinski definition) is 0. The molecule has 0 atom stereocenters. The van der Waals surface area contributed by atoms with Gasteiger partial charge in [-0.25, -0.2) is 0 Å². The first-order valence-electron chi connectivity index (χ1n) is 7.76. The van der Waals surface area contributed by atoms with Crippen LogP contribution in [-0.2, 0) is 0 Å². The van der Waals surface area contributed by atoms with Crippen molar-refractivity contribution in [1.82, 2.24) is 0 Å². The molecule has 24 heavy (non-hydrogen) atoms. The minimum absolute atomic E-state index is 0. The van der Waals surface area contributed by atoms with Gasteiger partial charge in [0, 0.05) is 0 Å². The van der Waals surface area contributed by atoms with Crippen LogP contribution in [0.1, 0.15) is 68.0 Å². The smallest absolute Gasteiger partial charge is 0.0184 e. The van der Waals surface area contributed by atoms with Gasteiger partial charge in [0.25, 0.3) is 0 Å². The monoisotopic (exact) mass is 330 g/mol. The Morgan fingerprint density at radius 2 is 0.833 bits per heavy atom. The Hall–Kier alpha value is -1.82. The van der Waals surface area contributed by atoms with Gasteiger partial charge in [-0.15, -0.1) is 0 Å². The van der Waals surface area contributed by atoms with Crippen LogP contribution in [0, 0.1) is 13.8 Å². The van der Waals surface area contributed by atoms with E-state index in [1.54, 1.807) is 0 Å². The third-order valence-electron chi connectivity index (χ3n) is 3.01. The fourth-order valence-electron chi connectivity index (χ4n) is 1.49. The molecule has 0 saturated heterocycles. The van der Waals surface area contributed by atoms with Gasteiger partial charge < -0.3 is 0 Å². The summed E-state index contributed by atoms with van der Waals surface area (Å²) < 4.78 is 0. The van der Waals surface area contributed by atoms with E-state index in [-0.39, 0.29) is 22.3 Å². The van der Waals surface area contributed by atoms with Gasteiger partial charge in [0.2, 0.25) is 0 Å². The predicted octanol–water partition coefficient (Wildman–Crippen LogP) is 8.88. The molecule has 0 fully saturated rings. The maximum absolute atomic E-state index is 2.17. The van der Waals surface area contributed by atoms with Crippen molar-refractivity contribution < 1.29 is 0 Å². The highest BCUT2D eigenvalue weighted by molar-refractivity contribution is 5.63. The van der Waals surface area contributed by atoms with Crippen molar-refractivity contribution in [3.63, 3.8) is 0 Å². The van der Waals surface area contributed by atoms with Crippen LogP contribution in [0.4, 0.5) is 0 Å². The summed E-state index contributed by atoms with van der Waals surface area (Å²) in [5.74, 6) is 0. The van der Waals surface area contributed by atoms with Crippen LogP contribution in [-0.4, -0.2) is 0 Å². The van der Waals surface area contributed by atoms with Crippen LogP contribution in [0.3, 0.4) is 0 Å². The van der Waals surface area contributed by atoms with Crippen LogP contribution in [0.2, 0.25) is 0 Å². The van der Waals surface area contributed by atoms with E-state index in [4.69, 9.17) is 0 Å². The molecular weight excluding hydrogens is 288 g/mol. The Labute approximate surface area is 153 Å². The summed E-state index contributed by atoms with van der Waals surface area (Å²) in [7, 11) is 0. The summed E-state index contributed by atoms with van der Waals surface area (Å²) in [6.07, 6.45) is 2.08. The largest absolute Gasteiger partial charge is 0.0890 e. The molecule has 0 heteroatoms. The Kier molecular flexibility index (Phi) is 22.0. The lowest BCUT2D eigenvalue weighted by atomic mass is 10.0. The second kappa shape index (κ2) is 17.5. The van der Waals surface area contributed by atoms with Gasteiger partial charge in [0.05, 0.1) is 0 Å². The normalized spacial score (nSPS) is 7.62. The van der Waals surface area contributed by atoms with Gasteiger partial charge in [-0.2, -0.15) is 0 Å². The molecule has 0 aliphatic carbocycles. The SMILES string of the molecule is C.C.C.CC.CC=C(C)C.Cc1ccc(-c2ccc(C)cc2)cc1. The van der Waals surface area contributed by atoms with Crippen LogP contribution >= 0.6 is 0 Å². The summed E-state index contributed by atoms with van der Waals surface area (Å²) in [4.78, 5) is 0. The average Bonchev–Trinajstić information content (AvgIpc) is 2.51. The van der Waals surface area contributed by atoms with Crippen molar-refractivity contribution in [2.75, 3.05) is 0 Å². The van der Waals surface area contributed by atoms with Gasteiger partial charge in [-0.1, -0.05) is 107 Å². The van der Waals surface area contributed by atoms with Crippen LogP contribution in [0.25, 0.3) is 11.1 Å². The highest BCUT2D eigenvalue weighted by atomic mass is 14.0. The van der Waals surface area contributed by atoms with Gasteiger partial charge in [-0.3, -0.25) is 0 Å². The lowest BCUT2D eigenvalue weighted by Crippen LogP contribution is -1.78. The van der Waals surface area contributed by atoms with Crippen molar-refractivity contribution in [3.05, 3.63) is 71.3 Å². The average molecular weight is 331 g/mol. The Balaban J connectivity index is -0.000000176. The van der Waals surface area contributed by atoms with Crippen molar-refractivity contribution in [2.24, 2.45) is 0 Å². The molecule has 0 radical (unpaired) electrons. The molecule has 0 aromatic heterocycles. The van der Waals surface area contributed by atoms with Crippen LogP contribution < -0.4 is 0 Å². The third-order valence-corrected chi connectivity index (χ3v) is 3.01. The van der Waals surface area contributed by atoms with E-state index in [2.05, 4.69) is 82.3 Å². The molecular formula is C24H42. The zero-order valence-corrected chi connectivity index (χ0v) is 14.7. The molecule has 2 rings (SSSR count).